The molecule has 2 rings (SSSR count). The van der Waals surface area contributed by atoms with E-state index in [0.717, 1.165) is 5.56 Å². The van der Waals surface area contributed by atoms with Gasteiger partial charge < -0.3 is 16.4 Å². The van der Waals surface area contributed by atoms with Crippen molar-refractivity contribution in [3.8, 4) is 6.07 Å². The molecule has 0 aliphatic heterocycles. The molecular weight excluding hydrogens is 266 g/mol. The normalized spacial score (nSPS) is 9.86. The number of rotatable bonds is 5. The highest BCUT2D eigenvalue weighted by Gasteiger charge is 2.15. The topological polar surface area (TPSA) is 109 Å². The van der Waals surface area contributed by atoms with Crippen molar-refractivity contribution in [2.45, 2.75) is 6.54 Å². The Morgan fingerprint density at radius 3 is 2.81 bits per heavy atom. The van der Waals surface area contributed by atoms with Crippen LogP contribution in [0.2, 0.25) is 0 Å². The predicted octanol–water partition coefficient (Wildman–Crippen LogP) is 1.03. The third-order valence-corrected chi connectivity index (χ3v) is 2.88. The maximum absolute atomic E-state index is 11.3. The Morgan fingerprint density at radius 2 is 2.14 bits per heavy atom. The van der Waals surface area contributed by atoms with Gasteiger partial charge in [-0.3, -0.25) is 4.79 Å². The molecule has 1 amide bonds. The second kappa shape index (κ2) is 6.39. The molecule has 6 heteroatoms. The second-order valence-corrected chi connectivity index (χ2v) is 4.55. The number of carbonyl (C=O) groups is 1. The van der Waals surface area contributed by atoms with Gasteiger partial charge in [0.25, 0.3) is 0 Å². The summed E-state index contributed by atoms with van der Waals surface area (Å²) in [6.07, 6.45) is 1.57. The van der Waals surface area contributed by atoms with Crippen LogP contribution in [0.15, 0.2) is 42.6 Å². The third kappa shape index (κ3) is 3.70. The Balaban J connectivity index is 2.35. The molecule has 0 atom stereocenters. The van der Waals surface area contributed by atoms with Crippen LogP contribution in [0, 0.1) is 11.3 Å². The Kier molecular flexibility index (Phi) is 4.36. The number of nitrogens with zero attached hydrogens (tertiary/aromatic N) is 3. The first-order valence-corrected chi connectivity index (χ1v) is 6.33. The molecule has 0 spiro atoms. The van der Waals surface area contributed by atoms with Crippen molar-refractivity contribution in [1.82, 2.24) is 4.98 Å². The van der Waals surface area contributed by atoms with Gasteiger partial charge >= 0.3 is 0 Å². The van der Waals surface area contributed by atoms with Crippen molar-refractivity contribution in [3.05, 3.63) is 53.7 Å². The van der Waals surface area contributed by atoms with Gasteiger partial charge in [0.1, 0.15) is 11.9 Å². The number of amides is 1. The molecule has 0 radical (unpaired) electrons. The van der Waals surface area contributed by atoms with Gasteiger partial charge in [-0.05, 0) is 29.8 Å². The van der Waals surface area contributed by atoms with Crippen LogP contribution in [0.25, 0.3) is 0 Å². The summed E-state index contributed by atoms with van der Waals surface area (Å²) in [5.74, 6) is -0.0605. The maximum atomic E-state index is 11.3. The quantitative estimate of drug-likeness (QED) is 0.795. The summed E-state index contributed by atoms with van der Waals surface area (Å²) >= 11 is 0. The van der Waals surface area contributed by atoms with E-state index in [4.69, 9.17) is 16.7 Å². The van der Waals surface area contributed by atoms with Crippen molar-refractivity contribution < 1.29 is 4.79 Å². The lowest BCUT2D eigenvalue weighted by Gasteiger charge is -2.23. The van der Waals surface area contributed by atoms with E-state index in [1.54, 1.807) is 29.3 Å². The molecule has 0 fully saturated rings. The van der Waals surface area contributed by atoms with Crippen molar-refractivity contribution >= 4 is 17.4 Å². The number of nitriles is 1. The number of hydrogen-bond acceptors (Lipinski definition) is 5. The Bertz CT molecular complexity index is 692. The Labute approximate surface area is 122 Å². The minimum absolute atomic E-state index is 0.0273. The van der Waals surface area contributed by atoms with Crippen LogP contribution in [0.1, 0.15) is 11.1 Å². The average molecular weight is 281 g/mol. The molecule has 6 nitrogen and oxygen atoms in total. The highest BCUT2D eigenvalue weighted by molar-refractivity contribution is 5.79. The number of aromatic nitrogens is 1. The lowest BCUT2D eigenvalue weighted by atomic mass is 10.1. The standard InChI is InChI=1S/C15H15N5O/c16-8-12-4-2-6-19-15(12)20(10-14(18)21)9-11-3-1-5-13(17)7-11/h1-7H,9-10,17H2,(H2,18,21). The van der Waals surface area contributed by atoms with Crippen LogP contribution in [0.5, 0.6) is 0 Å². The van der Waals surface area contributed by atoms with Gasteiger partial charge in [-0.2, -0.15) is 5.26 Å². The van der Waals surface area contributed by atoms with E-state index in [0.29, 0.717) is 23.6 Å². The molecule has 1 heterocycles. The molecule has 2 aromatic rings. The highest BCUT2D eigenvalue weighted by Crippen LogP contribution is 2.19. The van der Waals surface area contributed by atoms with E-state index in [-0.39, 0.29) is 6.54 Å². The fourth-order valence-electron chi connectivity index (χ4n) is 2.04. The van der Waals surface area contributed by atoms with Gasteiger partial charge in [0.15, 0.2) is 0 Å². The fourth-order valence-corrected chi connectivity index (χ4v) is 2.04. The van der Waals surface area contributed by atoms with Crippen LogP contribution in [-0.4, -0.2) is 17.4 Å². The number of primary amides is 1. The van der Waals surface area contributed by atoms with Gasteiger partial charge in [0.05, 0.1) is 12.1 Å². The minimum atomic E-state index is -0.492. The monoisotopic (exact) mass is 281 g/mol. The van der Waals surface area contributed by atoms with Crippen LogP contribution in [0.3, 0.4) is 0 Å². The number of anilines is 2. The molecule has 1 aromatic carbocycles. The van der Waals surface area contributed by atoms with Gasteiger partial charge in [-0.15, -0.1) is 0 Å². The number of benzene rings is 1. The van der Waals surface area contributed by atoms with E-state index in [9.17, 15) is 4.79 Å². The number of pyridine rings is 1. The Morgan fingerprint density at radius 1 is 1.33 bits per heavy atom. The number of nitrogen functional groups attached to an aromatic ring is 1. The molecule has 4 N–H and O–H groups in total. The SMILES string of the molecule is N#Cc1cccnc1N(CC(N)=O)Cc1cccc(N)c1. The molecule has 0 unspecified atom stereocenters. The largest absolute Gasteiger partial charge is 0.399 e. The lowest BCUT2D eigenvalue weighted by molar-refractivity contribution is -0.116. The van der Waals surface area contributed by atoms with Crippen molar-refractivity contribution in [3.63, 3.8) is 0 Å². The molecule has 106 valence electrons. The Hall–Kier alpha value is -3.07. The maximum Gasteiger partial charge on any atom is 0.237 e. The summed E-state index contributed by atoms with van der Waals surface area (Å²) in [7, 11) is 0. The van der Waals surface area contributed by atoms with E-state index in [1.807, 2.05) is 18.2 Å². The van der Waals surface area contributed by atoms with Crippen molar-refractivity contribution in [2.24, 2.45) is 5.73 Å². The minimum Gasteiger partial charge on any atom is -0.399 e. The summed E-state index contributed by atoms with van der Waals surface area (Å²) in [6, 6.07) is 12.7. The summed E-state index contributed by atoms with van der Waals surface area (Å²) in [4.78, 5) is 17.1. The van der Waals surface area contributed by atoms with Crippen molar-refractivity contribution in [1.29, 1.82) is 5.26 Å². The van der Waals surface area contributed by atoms with Gasteiger partial charge in [-0.25, -0.2) is 4.98 Å². The molecule has 0 aliphatic rings. The van der Waals surface area contributed by atoms with E-state index >= 15 is 0 Å². The van der Waals surface area contributed by atoms with Crippen LogP contribution < -0.4 is 16.4 Å². The second-order valence-electron chi connectivity index (χ2n) is 4.55. The highest BCUT2D eigenvalue weighted by atomic mass is 16.1. The van der Waals surface area contributed by atoms with Gasteiger partial charge in [-0.1, -0.05) is 12.1 Å². The average Bonchev–Trinajstić information content (AvgIpc) is 2.46. The first-order valence-electron chi connectivity index (χ1n) is 6.33. The van der Waals surface area contributed by atoms with Gasteiger partial charge in [0, 0.05) is 18.4 Å². The van der Waals surface area contributed by atoms with Crippen LogP contribution in [0.4, 0.5) is 11.5 Å². The lowest BCUT2D eigenvalue weighted by Crippen LogP contribution is -2.34. The van der Waals surface area contributed by atoms with Crippen LogP contribution >= 0.6 is 0 Å². The molecule has 0 bridgehead atoms. The first kappa shape index (κ1) is 14.3. The molecule has 21 heavy (non-hydrogen) atoms. The third-order valence-electron chi connectivity index (χ3n) is 2.88. The van der Waals surface area contributed by atoms with Crippen LogP contribution in [-0.2, 0) is 11.3 Å². The van der Waals surface area contributed by atoms with E-state index in [1.165, 1.54) is 0 Å². The number of nitrogens with two attached hydrogens (primary N) is 2. The summed E-state index contributed by atoms with van der Waals surface area (Å²) < 4.78 is 0. The summed E-state index contributed by atoms with van der Waals surface area (Å²) in [5.41, 5.74) is 13.0. The smallest absolute Gasteiger partial charge is 0.237 e. The zero-order chi connectivity index (χ0) is 15.2. The number of carbonyl (C=O) groups excluding carboxylic acids is 1. The summed E-state index contributed by atoms with van der Waals surface area (Å²) in [5, 5.41) is 9.16. The summed E-state index contributed by atoms with van der Waals surface area (Å²) in [6.45, 7) is 0.361. The molecule has 1 aromatic heterocycles. The number of hydrogen-bond donors (Lipinski definition) is 2. The van der Waals surface area contributed by atoms with E-state index in [2.05, 4.69) is 11.1 Å². The zero-order valence-corrected chi connectivity index (χ0v) is 11.4. The first-order chi connectivity index (χ1) is 10.1. The molecule has 0 aliphatic carbocycles. The fraction of sp³-hybridized carbons (Fsp3) is 0.133. The molecule has 0 saturated heterocycles. The predicted molar refractivity (Wildman–Crippen MR) is 80.1 cm³/mol. The van der Waals surface area contributed by atoms with Gasteiger partial charge in [0.2, 0.25) is 5.91 Å². The molecule has 0 saturated carbocycles. The zero-order valence-electron chi connectivity index (χ0n) is 11.4. The van der Waals surface area contributed by atoms with E-state index < -0.39 is 5.91 Å². The van der Waals surface area contributed by atoms with Crippen molar-refractivity contribution in [2.75, 3.05) is 17.2 Å². The molecular formula is C15H15N5O.